The van der Waals surface area contributed by atoms with Crippen molar-refractivity contribution >= 4 is 0 Å². The first-order valence-corrected chi connectivity index (χ1v) is 4.53. The van der Waals surface area contributed by atoms with Gasteiger partial charge in [0.15, 0.2) is 0 Å². The maximum atomic E-state index is 2.43. The molecule has 0 aliphatic carbocycles. The van der Waals surface area contributed by atoms with Crippen molar-refractivity contribution in [3.8, 4) is 0 Å². The highest BCUT2D eigenvalue weighted by atomic mass is 15.2. The van der Waals surface area contributed by atoms with Gasteiger partial charge in [-0.25, -0.2) is 0 Å². The van der Waals surface area contributed by atoms with Crippen LogP contribution in [0.1, 0.15) is 41.5 Å². The van der Waals surface area contributed by atoms with Crippen LogP contribution in [0.5, 0.6) is 0 Å². The van der Waals surface area contributed by atoms with E-state index in [1.807, 2.05) is 0 Å². The molecule has 0 saturated carbocycles. The number of nitrogens with zero attached hydrogens (tertiary/aromatic N) is 1. The minimum Gasteiger partial charge on any atom is -0.299 e. The Labute approximate surface area is 71.8 Å². The Morgan fingerprint density at radius 1 is 1.00 bits per heavy atom. The fourth-order valence-corrected chi connectivity index (χ4v) is 1.07. The van der Waals surface area contributed by atoms with Crippen molar-refractivity contribution in [1.29, 1.82) is 0 Å². The molecule has 0 heterocycles. The lowest BCUT2D eigenvalue weighted by Crippen LogP contribution is -2.48. The van der Waals surface area contributed by atoms with E-state index < -0.39 is 0 Å². The van der Waals surface area contributed by atoms with E-state index in [2.05, 4.69) is 53.5 Å². The second-order valence-corrected chi connectivity index (χ2v) is 4.51. The minimum absolute atomic E-state index is 0.314. The Balaban J connectivity index is 4.29. The predicted molar refractivity (Wildman–Crippen MR) is 51.8 cm³/mol. The summed E-state index contributed by atoms with van der Waals surface area (Å²) in [7, 11) is 2.20. The summed E-state index contributed by atoms with van der Waals surface area (Å²) in [6, 6.07) is 0.632. The van der Waals surface area contributed by atoms with E-state index in [1.54, 1.807) is 0 Å². The Bertz CT molecular complexity index is 114. The molecule has 0 aliphatic rings. The van der Waals surface area contributed by atoms with Gasteiger partial charge in [0.2, 0.25) is 0 Å². The van der Waals surface area contributed by atoms with E-state index in [0.29, 0.717) is 17.5 Å². The van der Waals surface area contributed by atoms with Crippen LogP contribution in [0.4, 0.5) is 0 Å². The van der Waals surface area contributed by atoms with Crippen molar-refractivity contribution in [2.24, 2.45) is 5.92 Å². The molecule has 1 nitrogen and oxygen atoms in total. The summed E-state index contributed by atoms with van der Waals surface area (Å²) in [6.45, 7) is 13.6. The Morgan fingerprint density at radius 2 is 1.36 bits per heavy atom. The van der Waals surface area contributed by atoms with E-state index in [-0.39, 0.29) is 0 Å². The van der Waals surface area contributed by atoms with Gasteiger partial charge in [-0.3, -0.25) is 4.90 Å². The van der Waals surface area contributed by atoms with Crippen molar-refractivity contribution in [2.75, 3.05) is 7.05 Å². The summed E-state index contributed by atoms with van der Waals surface area (Å²) in [5.74, 6) is 0.704. The molecule has 0 bridgehead atoms. The van der Waals surface area contributed by atoms with Crippen LogP contribution in [0.15, 0.2) is 0 Å². The lowest BCUT2D eigenvalue weighted by molar-refractivity contribution is 0.0756. The molecule has 0 aromatic heterocycles. The molecule has 0 N–H and O–H groups in total. The Morgan fingerprint density at radius 3 is 1.45 bits per heavy atom. The van der Waals surface area contributed by atoms with Crippen molar-refractivity contribution in [1.82, 2.24) is 4.90 Å². The summed E-state index contributed by atoms with van der Waals surface area (Å²) >= 11 is 0. The fourth-order valence-electron chi connectivity index (χ4n) is 1.07. The van der Waals surface area contributed by atoms with Gasteiger partial charge in [-0.05, 0) is 40.7 Å². The predicted octanol–water partition coefficient (Wildman–Crippen LogP) is 2.76. The summed E-state index contributed by atoms with van der Waals surface area (Å²) in [5.41, 5.74) is 0.314. The number of hydrogen-bond donors (Lipinski definition) is 0. The van der Waals surface area contributed by atoms with Crippen molar-refractivity contribution in [3.63, 3.8) is 0 Å². The molecule has 0 saturated heterocycles. The van der Waals surface area contributed by atoms with E-state index in [1.165, 1.54) is 0 Å². The molecule has 0 spiro atoms. The SMILES string of the molecule is CC(C)N(C)C(C)(C)C(C)C. The molecular formula is C10H23N. The highest BCUT2D eigenvalue weighted by molar-refractivity contribution is 4.83. The first kappa shape index (κ1) is 11.0. The zero-order valence-electron chi connectivity index (χ0n) is 9.10. The molecule has 0 aliphatic heterocycles. The zero-order valence-corrected chi connectivity index (χ0v) is 9.10. The van der Waals surface area contributed by atoms with E-state index in [4.69, 9.17) is 0 Å². The van der Waals surface area contributed by atoms with Gasteiger partial charge in [0.1, 0.15) is 0 Å². The summed E-state index contributed by atoms with van der Waals surface area (Å²) in [4.78, 5) is 2.43. The molecule has 0 aromatic rings. The summed E-state index contributed by atoms with van der Waals surface area (Å²) in [5, 5.41) is 0. The third-order valence-electron chi connectivity index (χ3n) is 3.10. The molecule has 11 heavy (non-hydrogen) atoms. The number of rotatable bonds is 3. The molecule has 0 rings (SSSR count). The lowest BCUT2D eigenvalue weighted by atomic mass is 9.88. The van der Waals surface area contributed by atoms with E-state index >= 15 is 0 Å². The smallest absolute Gasteiger partial charge is 0.0175 e. The maximum absolute atomic E-state index is 2.43. The molecule has 0 fully saturated rings. The largest absolute Gasteiger partial charge is 0.299 e. The first-order chi connectivity index (χ1) is 4.80. The standard InChI is InChI=1S/C10H23N/c1-8(2)10(5,6)11(7)9(3)4/h8-9H,1-7H3. The second-order valence-electron chi connectivity index (χ2n) is 4.51. The van der Waals surface area contributed by atoms with Gasteiger partial charge in [-0.1, -0.05) is 13.8 Å². The topological polar surface area (TPSA) is 3.24 Å². The monoisotopic (exact) mass is 157 g/mol. The maximum Gasteiger partial charge on any atom is 0.0175 e. The van der Waals surface area contributed by atoms with Crippen LogP contribution in [-0.4, -0.2) is 23.5 Å². The minimum atomic E-state index is 0.314. The highest BCUT2D eigenvalue weighted by Gasteiger charge is 2.28. The van der Waals surface area contributed by atoms with Crippen LogP contribution in [-0.2, 0) is 0 Å². The highest BCUT2D eigenvalue weighted by Crippen LogP contribution is 2.23. The van der Waals surface area contributed by atoms with Gasteiger partial charge < -0.3 is 0 Å². The van der Waals surface area contributed by atoms with Crippen LogP contribution < -0.4 is 0 Å². The summed E-state index contributed by atoms with van der Waals surface area (Å²) < 4.78 is 0. The molecule has 1 heteroatoms. The molecular weight excluding hydrogens is 134 g/mol. The second kappa shape index (κ2) is 3.57. The van der Waals surface area contributed by atoms with Crippen LogP contribution in [0.25, 0.3) is 0 Å². The zero-order chi connectivity index (χ0) is 9.23. The van der Waals surface area contributed by atoms with Gasteiger partial charge in [0.25, 0.3) is 0 Å². The Hall–Kier alpha value is -0.0400. The summed E-state index contributed by atoms with van der Waals surface area (Å²) in [6.07, 6.45) is 0. The third-order valence-corrected chi connectivity index (χ3v) is 3.10. The van der Waals surface area contributed by atoms with Crippen LogP contribution in [0.3, 0.4) is 0 Å². The van der Waals surface area contributed by atoms with Gasteiger partial charge in [0, 0.05) is 11.6 Å². The molecule has 0 atom stereocenters. The number of hydrogen-bond acceptors (Lipinski definition) is 1. The van der Waals surface area contributed by atoms with Crippen LogP contribution >= 0.6 is 0 Å². The molecule has 68 valence electrons. The van der Waals surface area contributed by atoms with Crippen molar-refractivity contribution in [3.05, 3.63) is 0 Å². The molecule has 0 amide bonds. The molecule has 0 unspecified atom stereocenters. The van der Waals surface area contributed by atoms with E-state index in [9.17, 15) is 0 Å². The average molecular weight is 157 g/mol. The van der Waals surface area contributed by atoms with Gasteiger partial charge in [0.05, 0.1) is 0 Å². The first-order valence-electron chi connectivity index (χ1n) is 4.53. The quantitative estimate of drug-likeness (QED) is 0.609. The van der Waals surface area contributed by atoms with Crippen molar-refractivity contribution in [2.45, 2.75) is 53.1 Å². The van der Waals surface area contributed by atoms with Gasteiger partial charge >= 0.3 is 0 Å². The van der Waals surface area contributed by atoms with E-state index in [0.717, 1.165) is 0 Å². The normalized spacial score (nSPS) is 13.6. The van der Waals surface area contributed by atoms with Gasteiger partial charge in [-0.2, -0.15) is 0 Å². The van der Waals surface area contributed by atoms with Gasteiger partial charge in [-0.15, -0.1) is 0 Å². The molecule has 0 radical (unpaired) electrons. The fraction of sp³-hybridized carbons (Fsp3) is 1.00. The lowest BCUT2D eigenvalue weighted by Gasteiger charge is -2.41. The van der Waals surface area contributed by atoms with Crippen molar-refractivity contribution < 1.29 is 0 Å². The Kier molecular flexibility index (Phi) is 3.56. The average Bonchev–Trinajstić information content (AvgIpc) is 1.85. The third kappa shape index (κ3) is 2.48. The van der Waals surface area contributed by atoms with Crippen LogP contribution in [0.2, 0.25) is 0 Å². The molecule has 0 aromatic carbocycles. The van der Waals surface area contributed by atoms with Crippen LogP contribution in [0, 0.1) is 5.92 Å².